The number of aromatic nitrogens is 2. The molecule has 0 amide bonds. The van der Waals surface area contributed by atoms with E-state index >= 15 is 0 Å². The van der Waals surface area contributed by atoms with E-state index in [1.54, 1.807) is 6.33 Å². The number of aromatic amines is 1. The third kappa shape index (κ3) is 3.03. The summed E-state index contributed by atoms with van der Waals surface area (Å²) in [4.78, 5) is 10.2. The predicted molar refractivity (Wildman–Crippen MR) is 89.8 cm³/mol. The summed E-state index contributed by atoms with van der Waals surface area (Å²) < 4.78 is 0. The average Bonchev–Trinajstić information content (AvgIpc) is 3.24. The first-order chi connectivity index (χ1) is 10.9. The van der Waals surface area contributed by atoms with Crippen LogP contribution in [0.4, 0.5) is 0 Å². The summed E-state index contributed by atoms with van der Waals surface area (Å²) in [6.07, 6.45) is 10.1. The third-order valence-corrected chi connectivity index (χ3v) is 5.45. The van der Waals surface area contributed by atoms with Crippen LogP contribution in [0.15, 0.2) is 24.5 Å². The summed E-state index contributed by atoms with van der Waals surface area (Å²) in [5.74, 6) is 0. The highest BCUT2D eigenvalue weighted by Crippen LogP contribution is 2.26. The van der Waals surface area contributed by atoms with Gasteiger partial charge in [0.15, 0.2) is 0 Å². The molecule has 0 bridgehead atoms. The number of nitrogens with zero attached hydrogens (tertiary/aromatic N) is 2. The minimum atomic E-state index is 0.676. The zero-order valence-corrected chi connectivity index (χ0v) is 13.2. The molecule has 0 radical (unpaired) electrons. The Labute approximate surface area is 132 Å². The molecule has 4 heteroatoms. The molecule has 2 aromatic rings. The summed E-state index contributed by atoms with van der Waals surface area (Å²) >= 11 is 0. The van der Waals surface area contributed by atoms with Gasteiger partial charge in [-0.3, -0.25) is 0 Å². The summed E-state index contributed by atoms with van der Waals surface area (Å²) in [5.41, 5.74) is 3.53. The SMILES string of the molecule is c1nc2ccc(CNC3CCN(C4CCCC4)CC3)cc2[nH]1. The van der Waals surface area contributed by atoms with Gasteiger partial charge < -0.3 is 15.2 Å². The number of piperidine rings is 1. The molecular formula is C18H26N4. The summed E-state index contributed by atoms with van der Waals surface area (Å²) in [7, 11) is 0. The molecule has 2 N–H and O–H groups in total. The lowest BCUT2D eigenvalue weighted by Gasteiger charge is -2.36. The van der Waals surface area contributed by atoms with E-state index in [4.69, 9.17) is 0 Å². The van der Waals surface area contributed by atoms with Gasteiger partial charge in [0, 0.05) is 18.6 Å². The molecule has 0 atom stereocenters. The molecule has 22 heavy (non-hydrogen) atoms. The number of nitrogens with one attached hydrogen (secondary N) is 2. The van der Waals surface area contributed by atoms with Crippen LogP contribution in [-0.4, -0.2) is 40.0 Å². The Morgan fingerprint density at radius 1 is 1.14 bits per heavy atom. The first kappa shape index (κ1) is 14.2. The zero-order valence-electron chi connectivity index (χ0n) is 13.2. The van der Waals surface area contributed by atoms with Crippen molar-refractivity contribution in [3.63, 3.8) is 0 Å². The van der Waals surface area contributed by atoms with E-state index in [9.17, 15) is 0 Å². The Morgan fingerprint density at radius 3 is 2.77 bits per heavy atom. The number of fused-ring (bicyclic) bond motifs is 1. The first-order valence-corrected chi connectivity index (χ1v) is 8.78. The second kappa shape index (κ2) is 6.39. The Balaban J connectivity index is 1.27. The molecule has 1 aromatic heterocycles. The lowest BCUT2D eigenvalue weighted by atomic mass is 10.0. The zero-order chi connectivity index (χ0) is 14.8. The highest BCUT2D eigenvalue weighted by atomic mass is 15.2. The molecule has 118 valence electrons. The van der Waals surface area contributed by atoms with Gasteiger partial charge in [0.1, 0.15) is 0 Å². The van der Waals surface area contributed by atoms with Crippen LogP contribution in [0.1, 0.15) is 44.1 Å². The highest BCUT2D eigenvalue weighted by Gasteiger charge is 2.26. The van der Waals surface area contributed by atoms with Gasteiger partial charge >= 0.3 is 0 Å². The summed E-state index contributed by atoms with van der Waals surface area (Å²) in [6.45, 7) is 3.52. The third-order valence-electron chi connectivity index (χ3n) is 5.45. The van der Waals surface area contributed by atoms with Crippen molar-refractivity contribution in [2.24, 2.45) is 0 Å². The Morgan fingerprint density at radius 2 is 1.95 bits per heavy atom. The normalized spacial score (nSPS) is 21.8. The van der Waals surface area contributed by atoms with E-state index in [1.165, 1.54) is 57.2 Å². The molecule has 0 spiro atoms. The van der Waals surface area contributed by atoms with E-state index < -0.39 is 0 Å². The Bertz CT molecular complexity index is 606. The molecule has 1 aliphatic heterocycles. The van der Waals surface area contributed by atoms with Crippen molar-refractivity contribution in [2.45, 2.75) is 57.2 Å². The van der Waals surface area contributed by atoms with Crippen molar-refractivity contribution in [2.75, 3.05) is 13.1 Å². The fourth-order valence-electron chi connectivity index (χ4n) is 4.09. The topological polar surface area (TPSA) is 44.0 Å². The molecule has 2 heterocycles. The smallest absolute Gasteiger partial charge is 0.0931 e. The molecule has 1 saturated carbocycles. The molecule has 2 fully saturated rings. The lowest BCUT2D eigenvalue weighted by Crippen LogP contribution is -2.45. The van der Waals surface area contributed by atoms with Crippen molar-refractivity contribution < 1.29 is 0 Å². The van der Waals surface area contributed by atoms with Gasteiger partial charge in [-0.05, 0) is 56.5 Å². The molecule has 4 rings (SSSR count). The van der Waals surface area contributed by atoms with Crippen molar-refractivity contribution in [1.82, 2.24) is 20.2 Å². The number of benzene rings is 1. The first-order valence-electron chi connectivity index (χ1n) is 8.78. The van der Waals surface area contributed by atoms with Gasteiger partial charge in [0.2, 0.25) is 0 Å². The van der Waals surface area contributed by atoms with Crippen molar-refractivity contribution in [3.05, 3.63) is 30.1 Å². The minimum Gasteiger partial charge on any atom is -0.345 e. The largest absolute Gasteiger partial charge is 0.345 e. The molecule has 1 aromatic carbocycles. The Hall–Kier alpha value is -1.39. The second-order valence-electron chi connectivity index (χ2n) is 6.88. The van der Waals surface area contributed by atoms with Gasteiger partial charge in [0.05, 0.1) is 17.4 Å². The van der Waals surface area contributed by atoms with E-state index in [2.05, 4.69) is 38.4 Å². The standard InChI is InChI=1S/C18H26N4/c1-2-4-16(3-1)22-9-7-15(8-10-22)19-12-14-5-6-17-18(11-14)21-13-20-17/h5-6,11,13,15-16,19H,1-4,7-10,12H2,(H,20,21). The number of likely N-dealkylation sites (tertiary alicyclic amines) is 1. The van der Waals surface area contributed by atoms with Gasteiger partial charge in [0.25, 0.3) is 0 Å². The number of hydrogen-bond acceptors (Lipinski definition) is 3. The monoisotopic (exact) mass is 298 g/mol. The van der Waals surface area contributed by atoms with Crippen LogP contribution in [0, 0.1) is 0 Å². The van der Waals surface area contributed by atoms with Crippen LogP contribution in [0.5, 0.6) is 0 Å². The van der Waals surface area contributed by atoms with Crippen LogP contribution in [-0.2, 0) is 6.54 Å². The maximum atomic E-state index is 4.27. The maximum Gasteiger partial charge on any atom is 0.0931 e. The van der Waals surface area contributed by atoms with Gasteiger partial charge in [-0.25, -0.2) is 4.98 Å². The maximum absolute atomic E-state index is 4.27. The van der Waals surface area contributed by atoms with Gasteiger partial charge in [-0.2, -0.15) is 0 Å². The van der Waals surface area contributed by atoms with Crippen LogP contribution in [0.3, 0.4) is 0 Å². The fourth-order valence-corrected chi connectivity index (χ4v) is 4.09. The van der Waals surface area contributed by atoms with Crippen molar-refractivity contribution in [3.8, 4) is 0 Å². The van der Waals surface area contributed by atoms with E-state index in [0.717, 1.165) is 23.6 Å². The lowest BCUT2D eigenvalue weighted by molar-refractivity contribution is 0.144. The van der Waals surface area contributed by atoms with Gasteiger partial charge in [-0.15, -0.1) is 0 Å². The molecule has 2 aliphatic rings. The summed E-state index contributed by atoms with van der Waals surface area (Å²) in [6, 6.07) is 8.07. The van der Waals surface area contributed by atoms with E-state index in [1.807, 2.05) is 0 Å². The molecule has 0 unspecified atom stereocenters. The minimum absolute atomic E-state index is 0.676. The van der Waals surface area contributed by atoms with Crippen LogP contribution >= 0.6 is 0 Å². The van der Waals surface area contributed by atoms with Crippen molar-refractivity contribution in [1.29, 1.82) is 0 Å². The number of H-pyrrole nitrogens is 1. The predicted octanol–water partition coefficient (Wildman–Crippen LogP) is 3.06. The van der Waals surface area contributed by atoms with E-state index in [-0.39, 0.29) is 0 Å². The number of rotatable bonds is 4. The fraction of sp³-hybridized carbons (Fsp3) is 0.611. The average molecular weight is 298 g/mol. The molecule has 4 nitrogen and oxygen atoms in total. The van der Waals surface area contributed by atoms with Crippen LogP contribution in [0.25, 0.3) is 11.0 Å². The highest BCUT2D eigenvalue weighted by molar-refractivity contribution is 5.74. The second-order valence-corrected chi connectivity index (χ2v) is 6.88. The summed E-state index contributed by atoms with van der Waals surface area (Å²) in [5, 5.41) is 3.74. The van der Waals surface area contributed by atoms with E-state index in [0.29, 0.717) is 6.04 Å². The number of hydrogen-bond donors (Lipinski definition) is 2. The molecule has 1 saturated heterocycles. The van der Waals surface area contributed by atoms with Gasteiger partial charge in [-0.1, -0.05) is 18.9 Å². The number of imidazole rings is 1. The van der Waals surface area contributed by atoms with Crippen LogP contribution < -0.4 is 5.32 Å². The molecule has 1 aliphatic carbocycles. The quantitative estimate of drug-likeness (QED) is 0.912. The Kier molecular flexibility index (Phi) is 4.13. The van der Waals surface area contributed by atoms with Crippen LogP contribution in [0.2, 0.25) is 0 Å². The van der Waals surface area contributed by atoms with Crippen molar-refractivity contribution >= 4 is 11.0 Å². The molecular weight excluding hydrogens is 272 g/mol.